The standard InChI is InChI=1S/C11H16N4O/c1-6(2)15-8(5-12)4-9-10(15)13-7(3)14-11(9)16/h4,6H,5,12H2,1-3H3,(H,13,14,16). The molecule has 0 atom stereocenters. The Morgan fingerprint density at radius 2 is 2.25 bits per heavy atom. The average molecular weight is 220 g/mol. The van der Waals surface area contributed by atoms with Gasteiger partial charge in [0.25, 0.3) is 5.56 Å². The summed E-state index contributed by atoms with van der Waals surface area (Å²) >= 11 is 0. The molecule has 0 fully saturated rings. The number of rotatable bonds is 2. The second kappa shape index (κ2) is 3.75. The lowest BCUT2D eigenvalue weighted by atomic mass is 10.3. The molecule has 2 rings (SSSR count). The molecule has 0 spiro atoms. The van der Waals surface area contributed by atoms with Crippen molar-refractivity contribution in [3.05, 3.63) is 27.9 Å². The van der Waals surface area contributed by atoms with Crippen molar-refractivity contribution in [1.29, 1.82) is 0 Å². The third-order valence-corrected chi connectivity index (χ3v) is 2.63. The van der Waals surface area contributed by atoms with Gasteiger partial charge in [-0.1, -0.05) is 0 Å². The molecule has 0 saturated carbocycles. The Balaban J connectivity index is 2.89. The Hall–Kier alpha value is -1.62. The normalized spacial score (nSPS) is 11.6. The predicted molar refractivity (Wildman–Crippen MR) is 63.4 cm³/mol. The minimum Gasteiger partial charge on any atom is -0.326 e. The van der Waals surface area contributed by atoms with Crippen LogP contribution in [0.1, 0.15) is 31.4 Å². The van der Waals surface area contributed by atoms with E-state index in [4.69, 9.17) is 5.73 Å². The molecule has 3 N–H and O–H groups in total. The van der Waals surface area contributed by atoms with E-state index < -0.39 is 0 Å². The van der Waals surface area contributed by atoms with Gasteiger partial charge >= 0.3 is 0 Å². The molecule has 0 amide bonds. The molecule has 0 radical (unpaired) electrons. The fourth-order valence-electron chi connectivity index (χ4n) is 2.00. The molecule has 0 saturated heterocycles. The lowest BCUT2D eigenvalue weighted by Crippen LogP contribution is -2.12. The van der Waals surface area contributed by atoms with Gasteiger partial charge in [-0.2, -0.15) is 0 Å². The Labute approximate surface area is 93.3 Å². The Morgan fingerprint density at radius 3 is 2.81 bits per heavy atom. The largest absolute Gasteiger partial charge is 0.326 e. The first kappa shape index (κ1) is 10.9. The van der Waals surface area contributed by atoms with Crippen molar-refractivity contribution in [3.8, 4) is 0 Å². The molecular formula is C11H16N4O. The zero-order valence-corrected chi connectivity index (χ0v) is 9.74. The molecule has 0 aliphatic heterocycles. The molecular weight excluding hydrogens is 204 g/mol. The summed E-state index contributed by atoms with van der Waals surface area (Å²) in [4.78, 5) is 18.8. The second-order valence-corrected chi connectivity index (χ2v) is 4.19. The Bertz CT molecular complexity index is 579. The van der Waals surface area contributed by atoms with Crippen LogP contribution in [0.2, 0.25) is 0 Å². The number of H-pyrrole nitrogens is 1. The van der Waals surface area contributed by atoms with Crippen LogP contribution in [0, 0.1) is 6.92 Å². The summed E-state index contributed by atoms with van der Waals surface area (Å²) in [5.74, 6) is 0.626. The van der Waals surface area contributed by atoms with Crippen LogP contribution < -0.4 is 11.3 Å². The van der Waals surface area contributed by atoms with E-state index in [1.54, 1.807) is 6.92 Å². The van der Waals surface area contributed by atoms with Crippen LogP contribution in [0.25, 0.3) is 11.0 Å². The van der Waals surface area contributed by atoms with Gasteiger partial charge in [0.2, 0.25) is 0 Å². The van der Waals surface area contributed by atoms with Crippen molar-refractivity contribution >= 4 is 11.0 Å². The fraction of sp³-hybridized carbons (Fsp3) is 0.455. The Morgan fingerprint density at radius 1 is 1.56 bits per heavy atom. The predicted octanol–water partition coefficient (Wildman–Crippen LogP) is 1.07. The first-order valence-corrected chi connectivity index (χ1v) is 5.35. The maximum absolute atomic E-state index is 11.8. The molecule has 2 aromatic rings. The first-order valence-electron chi connectivity index (χ1n) is 5.35. The number of nitrogens with two attached hydrogens (primary N) is 1. The molecule has 2 aromatic heterocycles. The lowest BCUT2D eigenvalue weighted by molar-refractivity contribution is 0.590. The number of aromatic nitrogens is 3. The van der Waals surface area contributed by atoms with Crippen molar-refractivity contribution < 1.29 is 0 Å². The summed E-state index contributed by atoms with van der Waals surface area (Å²) in [5, 5.41) is 0.611. The highest BCUT2D eigenvalue weighted by molar-refractivity contribution is 5.76. The first-order chi connectivity index (χ1) is 7.54. The number of nitrogens with zero attached hydrogens (tertiary/aromatic N) is 2. The number of aryl methyl sites for hydroxylation is 1. The summed E-state index contributed by atoms with van der Waals surface area (Å²) in [5.41, 5.74) is 7.24. The number of aromatic amines is 1. The quantitative estimate of drug-likeness (QED) is 0.794. The smallest absolute Gasteiger partial charge is 0.260 e. The van der Waals surface area contributed by atoms with E-state index in [-0.39, 0.29) is 11.6 Å². The fourth-order valence-corrected chi connectivity index (χ4v) is 2.00. The van der Waals surface area contributed by atoms with Gasteiger partial charge in [0.1, 0.15) is 11.5 Å². The zero-order valence-electron chi connectivity index (χ0n) is 9.74. The van der Waals surface area contributed by atoms with Crippen molar-refractivity contribution in [3.63, 3.8) is 0 Å². The van der Waals surface area contributed by atoms with Crippen molar-refractivity contribution in [2.24, 2.45) is 5.73 Å². The van der Waals surface area contributed by atoms with Crippen LogP contribution in [0.3, 0.4) is 0 Å². The maximum atomic E-state index is 11.8. The Kier molecular flexibility index (Phi) is 2.55. The number of nitrogens with one attached hydrogen (secondary N) is 1. The number of hydrogen-bond acceptors (Lipinski definition) is 3. The van der Waals surface area contributed by atoms with Gasteiger partial charge in [0.05, 0.1) is 5.39 Å². The topological polar surface area (TPSA) is 76.7 Å². The summed E-state index contributed by atoms with van der Waals surface area (Å²) in [6.45, 7) is 6.29. The maximum Gasteiger partial charge on any atom is 0.260 e. The van der Waals surface area contributed by atoms with Crippen LogP contribution >= 0.6 is 0 Å². The number of fused-ring (bicyclic) bond motifs is 1. The number of hydrogen-bond donors (Lipinski definition) is 2. The van der Waals surface area contributed by atoms with Gasteiger partial charge in [-0.15, -0.1) is 0 Å². The molecule has 16 heavy (non-hydrogen) atoms. The summed E-state index contributed by atoms with van der Waals surface area (Å²) in [7, 11) is 0. The van der Waals surface area contributed by atoms with Crippen LogP contribution in [0.5, 0.6) is 0 Å². The molecule has 0 aromatic carbocycles. The van der Waals surface area contributed by atoms with Gasteiger partial charge in [-0.3, -0.25) is 4.79 Å². The molecule has 0 aliphatic rings. The van der Waals surface area contributed by atoms with Crippen LogP contribution in [0.15, 0.2) is 10.9 Å². The van der Waals surface area contributed by atoms with Gasteiger partial charge < -0.3 is 15.3 Å². The molecule has 86 valence electrons. The van der Waals surface area contributed by atoms with Crippen molar-refractivity contribution in [2.75, 3.05) is 0 Å². The monoisotopic (exact) mass is 220 g/mol. The highest BCUT2D eigenvalue weighted by Crippen LogP contribution is 2.19. The van der Waals surface area contributed by atoms with E-state index in [1.807, 2.05) is 10.6 Å². The third kappa shape index (κ3) is 1.53. The van der Waals surface area contributed by atoms with Gasteiger partial charge in [-0.05, 0) is 26.8 Å². The average Bonchev–Trinajstić information content (AvgIpc) is 2.56. The van der Waals surface area contributed by atoms with E-state index in [9.17, 15) is 4.79 Å². The lowest BCUT2D eigenvalue weighted by Gasteiger charge is -2.12. The van der Waals surface area contributed by atoms with Gasteiger partial charge in [0, 0.05) is 18.3 Å². The van der Waals surface area contributed by atoms with E-state index >= 15 is 0 Å². The molecule has 0 aliphatic carbocycles. The molecule has 2 heterocycles. The van der Waals surface area contributed by atoms with Crippen LogP contribution in [-0.2, 0) is 6.54 Å². The van der Waals surface area contributed by atoms with E-state index in [0.29, 0.717) is 17.8 Å². The third-order valence-electron chi connectivity index (χ3n) is 2.63. The minimum atomic E-state index is -0.100. The summed E-state index contributed by atoms with van der Waals surface area (Å²) < 4.78 is 2.01. The second-order valence-electron chi connectivity index (χ2n) is 4.19. The van der Waals surface area contributed by atoms with Crippen molar-refractivity contribution in [2.45, 2.75) is 33.4 Å². The molecule has 0 unspecified atom stereocenters. The van der Waals surface area contributed by atoms with E-state index in [1.165, 1.54) is 0 Å². The molecule has 5 heteroatoms. The highest BCUT2D eigenvalue weighted by Gasteiger charge is 2.14. The summed E-state index contributed by atoms with van der Waals surface area (Å²) in [6, 6.07) is 2.06. The zero-order chi connectivity index (χ0) is 11.9. The minimum absolute atomic E-state index is 0.100. The van der Waals surface area contributed by atoms with Crippen molar-refractivity contribution in [1.82, 2.24) is 14.5 Å². The molecule has 0 bridgehead atoms. The van der Waals surface area contributed by atoms with Gasteiger partial charge in [0.15, 0.2) is 0 Å². The summed E-state index contributed by atoms with van der Waals surface area (Å²) in [6.07, 6.45) is 0. The van der Waals surface area contributed by atoms with Gasteiger partial charge in [-0.25, -0.2) is 4.98 Å². The van der Waals surface area contributed by atoms with E-state index in [2.05, 4.69) is 23.8 Å². The highest BCUT2D eigenvalue weighted by atomic mass is 16.1. The van der Waals surface area contributed by atoms with E-state index in [0.717, 1.165) is 11.3 Å². The van der Waals surface area contributed by atoms with Crippen LogP contribution in [0.4, 0.5) is 0 Å². The SMILES string of the molecule is Cc1nc2c(cc(CN)n2C(C)C)c(=O)[nH]1. The molecule has 5 nitrogen and oxygen atoms in total. The van der Waals surface area contributed by atoms with Crippen LogP contribution in [-0.4, -0.2) is 14.5 Å².